The summed E-state index contributed by atoms with van der Waals surface area (Å²) < 4.78 is 1.42. The van der Waals surface area contributed by atoms with Crippen molar-refractivity contribution >= 4 is 30.3 Å². The van der Waals surface area contributed by atoms with Crippen LogP contribution in [-0.2, 0) is 56.3 Å². The molecule has 0 unspecified atom stereocenters. The predicted molar refractivity (Wildman–Crippen MR) is 182 cm³/mol. The van der Waals surface area contributed by atoms with Crippen LogP contribution >= 0.6 is 0 Å². The van der Waals surface area contributed by atoms with Gasteiger partial charge in [-0.05, 0) is 38.5 Å². The van der Waals surface area contributed by atoms with Crippen LogP contribution < -0.4 is 0 Å². The standard InChI is InChI=1S/C28H33.C13H10.Zr/c1-6-18-15-19(7-2)26-21(16-18)17-25-27(20-13-11-12-14-20)23(9-4)22(8-3)24(10-5)28(25)26;1-3-7-12(8-4-1)11-13-9-5-2-6-10-13;/h11-13,15-17H,6-10,14H2,1-5H3;1-10H;/q-1;;. The van der Waals surface area contributed by atoms with Gasteiger partial charge >= 0.3 is 99.2 Å². The molecular weight excluding hydrogens is 584 g/mol. The molecule has 0 aliphatic heterocycles. The molecule has 0 bridgehead atoms. The summed E-state index contributed by atoms with van der Waals surface area (Å²) in [4.78, 5) is 0. The molecule has 212 valence electrons. The molecule has 0 saturated heterocycles. The van der Waals surface area contributed by atoms with Crippen LogP contribution in [-0.4, -0.2) is 3.21 Å². The van der Waals surface area contributed by atoms with Gasteiger partial charge in [0.25, 0.3) is 0 Å². The van der Waals surface area contributed by atoms with Crippen LogP contribution in [0.1, 0.15) is 85.5 Å². The van der Waals surface area contributed by atoms with Gasteiger partial charge in [0.15, 0.2) is 0 Å². The summed E-state index contributed by atoms with van der Waals surface area (Å²) in [5.74, 6) is 0. The third kappa shape index (κ3) is 5.91. The van der Waals surface area contributed by atoms with E-state index >= 15 is 0 Å². The molecular formula is C41H43Zr-. The van der Waals surface area contributed by atoms with Crippen molar-refractivity contribution in [1.82, 2.24) is 0 Å². The maximum absolute atomic E-state index is 2.51. The van der Waals surface area contributed by atoms with Gasteiger partial charge in [-0.2, -0.15) is 0 Å². The summed E-state index contributed by atoms with van der Waals surface area (Å²) in [5.41, 5.74) is 13.5. The topological polar surface area (TPSA) is 0 Å². The predicted octanol–water partition coefficient (Wildman–Crippen LogP) is 10.7. The summed E-state index contributed by atoms with van der Waals surface area (Å²) in [6.45, 7) is 11.6. The van der Waals surface area contributed by atoms with Crippen LogP contribution in [0.15, 0.2) is 97.1 Å². The fourth-order valence-electron chi connectivity index (χ4n) is 6.80. The van der Waals surface area contributed by atoms with Crippen LogP contribution in [0.4, 0.5) is 0 Å². The monoisotopic (exact) mass is 625 g/mol. The molecule has 5 aromatic rings. The molecule has 0 fully saturated rings. The normalized spacial score (nSPS) is 12.4. The minimum atomic E-state index is 1.07. The molecule has 1 heteroatoms. The van der Waals surface area contributed by atoms with Gasteiger partial charge in [-0.15, -0.1) is 33.7 Å². The fraction of sp³-hybridized carbons (Fsp3) is 0.268. The van der Waals surface area contributed by atoms with Crippen molar-refractivity contribution in [2.75, 3.05) is 0 Å². The molecule has 0 aromatic heterocycles. The van der Waals surface area contributed by atoms with E-state index in [0.717, 1.165) is 38.5 Å². The van der Waals surface area contributed by atoms with Gasteiger partial charge in [-0.1, -0.05) is 97.9 Å². The van der Waals surface area contributed by atoms with E-state index in [1.807, 2.05) is 0 Å². The Morgan fingerprint density at radius 2 is 1.31 bits per heavy atom. The van der Waals surface area contributed by atoms with Crippen molar-refractivity contribution < 1.29 is 24.2 Å². The van der Waals surface area contributed by atoms with Gasteiger partial charge in [0.1, 0.15) is 0 Å². The Balaban J connectivity index is 0.000000211. The summed E-state index contributed by atoms with van der Waals surface area (Å²) in [7, 11) is 0. The van der Waals surface area contributed by atoms with Crippen LogP contribution in [0.25, 0.3) is 27.1 Å². The second-order valence-electron chi connectivity index (χ2n) is 11.2. The molecule has 6 rings (SSSR count). The van der Waals surface area contributed by atoms with E-state index in [1.165, 1.54) is 77.0 Å². The Bertz CT molecular complexity index is 1720. The Kier molecular flexibility index (Phi) is 10.1. The van der Waals surface area contributed by atoms with Crippen molar-refractivity contribution in [3.63, 3.8) is 0 Å². The Morgan fingerprint density at radius 3 is 1.81 bits per heavy atom. The van der Waals surface area contributed by atoms with Gasteiger partial charge in [-0.3, -0.25) is 0 Å². The first-order valence-corrected chi connectivity index (χ1v) is 17.1. The van der Waals surface area contributed by atoms with Gasteiger partial charge in [0.05, 0.1) is 0 Å². The first kappa shape index (κ1) is 30.4. The number of benzene rings is 4. The van der Waals surface area contributed by atoms with Crippen molar-refractivity contribution in [1.29, 1.82) is 0 Å². The van der Waals surface area contributed by atoms with Crippen molar-refractivity contribution in [2.24, 2.45) is 0 Å². The zero-order valence-electron chi connectivity index (χ0n) is 26.0. The minimum absolute atomic E-state index is 1.07. The Labute approximate surface area is 267 Å². The van der Waals surface area contributed by atoms with Gasteiger partial charge < -0.3 is 0 Å². The van der Waals surface area contributed by atoms with Crippen molar-refractivity contribution in [2.45, 2.75) is 73.1 Å². The maximum atomic E-state index is 2.51. The summed E-state index contributed by atoms with van der Waals surface area (Å²) in [6, 6.07) is 28.5. The molecule has 0 radical (unpaired) electrons. The third-order valence-electron chi connectivity index (χ3n) is 8.80. The number of aryl methyl sites for hydroxylation is 3. The van der Waals surface area contributed by atoms with Gasteiger partial charge in [0.2, 0.25) is 0 Å². The zero-order chi connectivity index (χ0) is 29.6. The van der Waals surface area contributed by atoms with E-state index in [1.54, 1.807) is 22.1 Å². The molecule has 0 N–H and O–H groups in total. The SMILES string of the molecule is CCc1cc(CC)c2c(c1)[cH-]c1c(C3=CC=CC3)c(CC)c(CC)c(CC)c12.[Zr]=[C](c1ccccc1)c1ccccc1. The Morgan fingerprint density at radius 1 is 0.690 bits per heavy atom. The average molecular weight is 627 g/mol. The molecule has 0 spiro atoms. The second kappa shape index (κ2) is 14.0. The van der Waals surface area contributed by atoms with Gasteiger partial charge in [0, 0.05) is 0 Å². The number of hydrogen-bond acceptors (Lipinski definition) is 0. The first-order valence-electron chi connectivity index (χ1n) is 15.8. The average Bonchev–Trinajstić information content (AvgIpc) is 3.72. The van der Waals surface area contributed by atoms with E-state index in [0.29, 0.717) is 0 Å². The summed E-state index contributed by atoms with van der Waals surface area (Å²) in [5, 5.41) is 6.02. The number of rotatable bonds is 8. The van der Waals surface area contributed by atoms with Crippen LogP contribution in [0.2, 0.25) is 0 Å². The summed E-state index contributed by atoms with van der Waals surface area (Å²) in [6.07, 6.45) is 13.5. The van der Waals surface area contributed by atoms with Gasteiger partial charge in [-0.25, -0.2) is 0 Å². The zero-order valence-corrected chi connectivity index (χ0v) is 28.4. The van der Waals surface area contributed by atoms with E-state index in [9.17, 15) is 0 Å². The van der Waals surface area contributed by atoms with E-state index in [4.69, 9.17) is 0 Å². The van der Waals surface area contributed by atoms with Crippen LogP contribution in [0, 0.1) is 0 Å². The molecule has 1 aliphatic carbocycles. The van der Waals surface area contributed by atoms with E-state index < -0.39 is 0 Å². The number of hydrogen-bond donors (Lipinski definition) is 0. The summed E-state index contributed by atoms with van der Waals surface area (Å²) >= 11 is 1.46. The number of allylic oxidation sites excluding steroid dienone is 4. The Hall–Kier alpha value is -3.02. The molecule has 5 aromatic carbocycles. The molecule has 42 heavy (non-hydrogen) atoms. The molecule has 0 amide bonds. The molecule has 0 saturated carbocycles. The number of fused-ring (bicyclic) bond motifs is 3. The third-order valence-corrected chi connectivity index (χ3v) is 10.2. The molecule has 1 aliphatic rings. The quantitative estimate of drug-likeness (QED) is 0.150. The van der Waals surface area contributed by atoms with Crippen molar-refractivity contribution in [3.05, 3.63) is 142 Å². The fourth-order valence-corrected chi connectivity index (χ4v) is 7.62. The van der Waals surface area contributed by atoms with Crippen molar-refractivity contribution in [3.8, 4) is 0 Å². The first-order chi connectivity index (χ1) is 20.6. The molecule has 0 heterocycles. The van der Waals surface area contributed by atoms with Crippen LogP contribution in [0.3, 0.4) is 0 Å². The van der Waals surface area contributed by atoms with E-state index in [-0.39, 0.29) is 0 Å². The van der Waals surface area contributed by atoms with E-state index in [2.05, 4.69) is 132 Å². The van der Waals surface area contributed by atoms with Crippen LogP contribution in [0.5, 0.6) is 0 Å². The second-order valence-corrected chi connectivity index (χ2v) is 12.4. The molecule has 0 nitrogen and oxygen atoms in total. The molecule has 0 atom stereocenters.